The molecule has 0 radical (unpaired) electrons. The maximum absolute atomic E-state index is 6.49. The largest absolute Gasteiger partial charge is 0.398 e. The van der Waals surface area contributed by atoms with E-state index in [0.29, 0.717) is 23.7 Å². The molecule has 25 heavy (non-hydrogen) atoms. The fourth-order valence-corrected chi connectivity index (χ4v) is 3.34. The van der Waals surface area contributed by atoms with E-state index in [1.54, 1.807) is 0 Å². The van der Waals surface area contributed by atoms with Crippen LogP contribution in [0.2, 0.25) is 10.0 Å². The van der Waals surface area contributed by atoms with Crippen LogP contribution in [0.4, 0.5) is 11.4 Å². The average Bonchev–Trinajstić information content (AvgIpc) is 2.60. The van der Waals surface area contributed by atoms with Crippen LogP contribution in [-0.4, -0.2) is 0 Å². The zero-order valence-corrected chi connectivity index (χ0v) is 16.5. The lowest BCUT2D eigenvalue weighted by Gasteiger charge is -2.16. The molecule has 3 N–H and O–H groups in total. The Hall–Kier alpha value is -1.68. The van der Waals surface area contributed by atoms with Crippen LogP contribution in [0, 0.1) is 0 Å². The highest BCUT2D eigenvalue weighted by atomic mass is 79.9. The first kappa shape index (κ1) is 18.1. The van der Waals surface area contributed by atoms with E-state index >= 15 is 0 Å². The van der Waals surface area contributed by atoms with Gasteiger partial charge >= 0.3 is 0 Å². The number of halogens is 3. The second kappa shape index (κ2) is 8.13. The van der Waals surface area contributed by atoms with E-state index in [1.807, 2.05) is 48.5 Å². The number of benzene rings is 3. The molecule has 0 aliphatic heterocycles. The van der Waals surface area contributed by atoms with Crippen LogP contribution >= 0.6 is 39.1 Å². The number of anilines is 2. The van der Waals surface area contributed by atoms with Crippen LogP contribution in [0.25, 0.3) is 0 Å². The number of hydrogen-bond acceptors (Lipinski definition) is 2. The van der Waals surface area contributed by atoms with Crippen LogP contribution in [0.3, 0.4) is 0 Å². The molecule has 3 aromatic rings. The number of rotatable bonds is 5. The molecule has 0 heterocycles. The van der Waals surface area contributed by atoms with Crippen molar-refractivity contribution < 1.29 is 0 Å². The Morgan fingerprint density at radius 3 is 2.40 bits per heavy atom. The predicted molar refractivity (Wildman–Crippen MR) is 112 cm³/mol. The zero-order valence-electron chi connectivity index (χ0n) is 13.4. The van der Waals surface area contributed by atoms with Gasteiger partial charge in [-0.05, 0) is 47.5 Å². The smallest absolute Gasteiger partial charge is 0.0691 e. The van der Waals surface area contributed by atoms with E-state index in [9.17, 15) is 0 Å². The summed E-state index contributed by atoms with van der Waals surface area (Å²) in [5.41, 5.74) is 10.8. The standard InChI is InChI=1S/C20H17BrCl2N2/c21-15-6-4-13(5-7-15)11-17-19(9-8-18(24)20(17)23)25-12-14-2-1-3-16(22)10-14/h1-10,25H,11-12,24H2. The Balaban J connectivity index is 1.85. The number of hydrogen-bond donors (Lipinski definition) is 2. The second-order valence-corrected chi connectivity index (χ2v) is 7.51. The van der Waals surface area contributed by atoms with E-state index in [-0.39, 0.29) is 0 Å². The molecule has 0 aromatic heterocycles. The quantitative estimate of drug-likeness (QED) is 0.446. The summed E-state index contributed by atoms with van der Waals surface area (Å²) in [7, 11) is 0. The van der Waals surface area contributed by atoms with Crippen molar-refractivity contribution in [2.24, 2.45) is 0 Å². The first-order valence-electron chi connectivity index (χ1n) is 7.82. The normalized spacial score (nSPS) is 10.7. The summed E-state index contributed by atoms with van der Waals surface area (Å²) in [4.78, 5) is 0. The summed E-state index contributed by atoms with van der Waals surface area (Å²) in [6.45, 7) is 0.661. The average molecular weight is 436 g/mol. The van der Waals surface area contributed by atoms with Gasteiger partial charge in [-0.25, -0.2) is 0 Å². The van der Waals surface area contributed by atoms with Crippen molar-refractivity contribution in [1.82, 2.24) is 0 Å². The summed E-state index contributed by atoms with van der Waals surface area (Å²) in [6.07, 6.45) is 0.703. The SMILES string of the molecule is Nc1ccc(NCc2cccc(Cl)c2)c(Cc2ccc(Br)cc2)c1Cl. The van der Waals surface area contributed by atoms with Crippen LogP contribution in [-0.2, 0) is 13.0 Å². The van der Waals surface area contributed by atoms with Crippen molar-refractivity contribution in [2.45, 2.75) is 13.0 Å². The Morgan fingerprint density at radius 1 is 0.920 bits per heavy atom. The molecule has 5 heteroatoms. The molecule has 0 spiro atoms. The minimum atomic E-state index is 0.585. The Morgan fingerprint density at radius 2 is 1.68 bits per heavy atom. The summed E-state index contributed by atoms with van der Waals surface area (Å²) in [5, 5.41) is 4.77. The summed E-state index contributed by atoms with van der Waals surface area (Å²) in [5.74, 6) is 0. The molecule has 0 fully saturated rings. The van der Waals surface area contributed by atoms with Gasteiger partial charge in [-0.15, -0.1) is 0 Å². The van der Waals surface area contributed by atoms with Gasteiger partial charge in [0.05, 0.1) is 10.7 Å². The van der Waals surface area contributed by atoms with E-state index in [4.69, 9.17) is 28.9 Å². The lowest BCUT2D eigenvalue weighted by atomic mass is 10.0. The van der Waals surface area contributed by atoms with E-state index in [2.05, 4.69) is 33.4 Å². The van der Waals surface area contributed by atoms with Crippen LogP contribution in [0.15, 0.2) is 65.1 Å². The van der Waals surface area contributed by atoms with Gasteiger partial charge in [-0.3, -0.25) is 0 Å². The molecule has 3 aromatic carbocycles. The highest BCUT2D eigenvalue weighted by molar-refractivity contribution is 9.10. The van der Waals surface area contributed by atoms with Gasteiger partial charge in [0.2, 0.25) is 0 Å². The van der Waals surface area contributed by atoms with Gasteiger partial charge in [-0.1, -0.05) is 63.4 Å². The summed E-state index contributed by atoms with van der Waals surface area (Å²) in [6, 6.07) is 19.8. The molecular weight excluding hydrogens is 419 g/mol. The number of nitrogens with one attached hydrogen (secondary N) is 1. The van der Waals surface area contributed by atoms with E-state index < -0.39 is 0 Å². The fourth-order valence-electron chi connectivity index (χ4n) is 2.63. The lowest BCUT2D eigenvalue weighted by molar-refractivity contribution is 1.11. The van der Waals surface area contributed by atoms with Gasteiger partial charge in [0, 0.05) is 33.7 Å². The van der Waals surface area contributed by atoms with Crippen LogP contribution in [0.5, 0.6) is 0 Å². The van der Waals surface area contributed by atoms with Gasteiger partial charge in [0.15, 0.2) is 0 Å². The predicted octanol–water partition coefficient (Wildman–Crippen LogP) is 6.54. The van der Waals surface area contributed by atoms with Crippen molar-refractivity contribution in [1.29, 1.82) is 0 Å². The third-order valence-electron chi connectivity index (χ3n) is 3.94. The summed E-state index contributed by atoms with van der Waals surface area (Å²) < 4.78 is 1.05. The maximum Gasteiger partial charge on any atom is 0.0691 e. The van der Waals surface area contributed by atoms with Crippen molar-refractivity contribution in [2.75, 3.05) is 11.1 Å². The highest BCUT2D eigenvalue weighted by Gasteiger charge is 2.11. The van der Waals surface area contributed by atoms with Gasteiger partial charge in [0.25, 0.3) is 0 Å². The third kappa shape index (κ3) is 4.69. The monoisotopic (exact) mass is 434 g/mol. The maximum atomic E-state index is 6.49. The van der Waals surface area contributed by atoms with Crippen molar-refractivity contribution in [3.8, 4) is 0 Å². The molecule has 2 nitrogen and oxygen atoms in total. The van der Waals surface area contributed by atoms with Gasteiger partial charge < -0.3 is 11.1 Å². The molecule has 0 unspecified atom stereocenters. The topological polar surface area (TPSA) is 38.0 Å². The van der Waals surface area contributed by atoms with Crippen molar-refractivity contribution in [3.05, 3.63) is 91.9 Å². The zero-order chi connectivity index (χ0) is 17.8. The molecule has 3 rings (SSSR count). The number of nitrogens with two attached hydrogens (primary N) is 1. The second-order valence-electron chi connectivity index (χ2n) is 5.78. The molecular formula is C20H17BrCl2N2. The van der Waals surface area contributed by atoms with Crippen molar-refractivity contribution in [3.63, 3.8) is 0 Å². The molecule has 0 amide bonds. The first-order valence-corrected chi connectivity index (χ1v) is 9.37. The van der Waals surface area contributed by atoms with E-state index in [1.165, 1.54) is 5.56 Å². The Kier molecular flexibility index (Phi) is 5.89. The van der Waals surface area contributed by atoms with Crippen LogP contribution < -0.4 is 11.1 Å². The lowest BCUT2D eigenvalue weighted by Crippen LogP contribution is -2.05. The van der Waals surface area contributed by atoms with Crippen LogP contribution in [0.1, 0.15) is 16.7 Å². The summed E-state index contributed by atoms with van der Waals surface area (Å²) >= 11 is 16.0. The highest BCUT2D eigenvalue weighted by Crippen LogP contribution is 2.32. The van der Waals surface area contributed by atoms with E-state index in [0.717, 1.165) is 26.3 Å². The molecule has 0 atom stereocenters. The molecule has 128 valence electrons. The molecule has 0 aliphatic carbocycles. The molecule has 0 bridgehead atoms. The van der Waals surface area contributed by atoms with Crippen molar-refractivity contribution >= 4 is 50.5 Å². The molecule has 0 saturated carbocycles. The third-order valence-corrected chi connectivity index (χ3v) is 5.15. The minimum absolute atomic E-state index is 0.585. The Bertz CT molecular complexity index is 879. The number of nitrogen functional groups attached to an aromatic ring is 1. The Labute approximate surface area is 166 Å². The first-order chi connectivity index (χ1) is 12.0. The van der Waals surface area contributed by atoms with Gasteiger partial charge in [0.1, 0.15) is 0 Å². The fraction of sp³-hybridized carbons (Fsp3) is 0.100. The molecule has 0 aliphatic rings. The molecule has 0 saturated heterocycles. The minimum Gasteiger partial charge on any atom is -0.398 e. The van der Waals surface area contributed by atoms with Gasteiger partial charge in [-0.2, -0.15) is 0 Å².